The van der Waals surface area contributed by atoms with Gasteiger partial charge in [0, 0.05) is 0 Å². The molecular formula is C38H79N. The Kier molecular flexibility index (Phi) is 35.9. The van der Waals surface area contributed by atoms with Crippen molar-refractivity contribution in [2.24, 2.45) is 0 Å². The SMILES string of the molecule is CCCCCCCCCCCCCCCCN(CCCCCC)CCCCCCCCCCCCCCCC. The predicted octanol–water partition coefficient (Wildman–Crippen LogP) is 13.8. The molecule has 236 valence electrons. The van der Waals surface area contributed by atoms with Crippen LogP contribution < -0.4 is 0 Å². The highest BCUT2D eigenvalue weighted by Crippen LogP contribution is 2.15. The lowest BCUT2D eigenvalue weighted by Gasteiger charge is -2.22. The Bertz CT molecular complexity index is 374. The zero-order valence-electron chi connectivity index (χ0n) is 28.2. The summed E-state index contributed by atoms with van der Waals surface area (Å²) in [7, 11) is 0. The summed E-state index contributed by atoms with van der Waals surface area (Å²) in [6.07, 6.45) is 46.6. The van der Waals surface area contributed by atoms with Crippen LogP contribution in [0.2, 0.25) is 0 Å². The molecule has 0 atom stereocenters. The van der Waals surface area contributed by atoms with Crippen LogP contribution in [0.5, 0.6) is 0 Å². The van der Waals surface area contributed by atoms with Crippen molar-refractivity contribution >= 4 is 0 Å². The molecule has 0 spiro atoms. The van der Waals surface area contributed by atoms with Crippen LogP contribution in [-0.2, 0) is 0 Å². The van der Waals surface area contributed by atoms with Crippen LogP contribution >= 0.6 is 0 Å². The summed E-state index contributed by atoms with van der Waals surface area (Å²) >= 11 is 0. The van der Waals surface area contributed by atoms with Crippen molar-refractivity contribution in [2.75, 3.05) is 19.6 Å². The average Bonchev–Trinajstić information content (AvgIpc) is 2.95. The fraction of sp³-hybridized carbons (Fsp3) is 1.00. The third kappa shape index (κ3) is 34.1. The highest BCUT2D eigenvalue weighted by Gasteiger charge is 2.05. The van der Waals surface area contributed by atoms with Crippen LogP contribution in [0.4, 0.5) is 0 Å². The van der Waals surface area contributed by atoms with E-state index in [0.29, 0.717) is 0 Å². The quantitative estimate of drug-likeness (QED) is 0.0710. The summed E-state index contributed by atoms with van der Waals surface area (Å²) in [6, 6.07) is 0. The normalized spacial score (nSPS) is 11.7. The van der Waals surface area contributed by atoms with Crippen molar-refractivity contribution in [1.82, 2.24) is 4.90 Å². The van der Waals surface area contributed by atoms with E-state index in [0.717, 1.165) is 0 Å². The zero-order chi connectivity index (χ0) is 28.3. The van der Waals surface area contributed by atoms with Crippen molar-refractivity contribution in [1.29, 1.82) is 0 Å². The Morgan fingerprint density at radius 1 is 0.205 bits per heavy atom. The van der Waals surface area contributed by atoms with E-state index in [1.807, 2.05) is 0 Å². The van der Waals surface area contributed by atoms with Crippen LogP contribution in [0, 0.1) is 0 Å². The molecule has 0 saturated heterocycles. The summed E-state index contributed by atoms with van der Waals surface area (Å²) in [4.78, 5) is 2.83. The molecule has 0 heterocycles. The van der Waals surface area contributed by atoms with Crippen LogP contribution in [0.25, 0.3) is 0 Å². The summed E-state index contributed by atoms with van der Waals surface area (Å²) in [6.45, 7) is 11.0. The first-order chi connectivity index (χ1) is 19.3. The van der Waals surface area contributed by atoms with E-state index >= 15 is 0 Å². The van der Waals surface area contributed by atoms with Crippen molar-refractivity contribution in [2.45, 2.75) is 226 Å². The Morgan fingerprint density at radius 2 is 0.359 bits per heavy atom. The van der Waals surface area contributed by atoms with Gasteiger partial charge in [-0.15, -0.1) is 0 Å². The molecule has 0 aliphatic heterocycles. The first kappa shape index (κ1) is 39.0. The molecule has 1 heteroatoms. The minimum absolute atomic E-state index is 1.36. The highest BCUT2D eigenvalue weighted by atomic mass is 15.1. The van der Waals surface area contributed by atoms with Crippen LogP contribution in [0.15, 0.2) is 0 Å². The van der Waals surface area contributed by atoms with Gasteiger partial charge in [0.15, 0.2) is 0 Å². The molecule has 0 bridgehead atoms. The zero-order valence-corrected chi connectivity index (χ0v) is 28.2. The van der Waals surface area contributed by atoms with E-state index in [4.69, 9.17) is 0 Å². The monoisotopic (exact) mass is 550 g/mol. The minimum Gasteiger partial charge on any atom is -0.303 e. The molecule has 0 rings (SSSR count). The Balaban J connectivity index is 3.62. The maximum absolute atomic E-state index is 2.83. The van der Waals surface area contributed by atoms with E-state index in [9.17, 15) is 0 Å². The number of nitrogens with zero attached hydrogens (tertiary/aromatic N) is 1. The van der Waals surface area contributed by atoms with E-state index in [-0.39, 0.29) is 0 Å². The maximum atomic E-state index is 2.83. The lowest BCUT2D eigenvalue weighted by atomic mass is 10.0. The number of hydrogen-bond donors (Lipinski definition) is 0. The molecule has 0 aliphatic rings. The number of unbranched alkanes of at least 4 members (excludes halogenated alkanes) is 29. The second-order valence-corrected chi connectivity index (χ2v) is 13.1. The first-order valence-electron chi connectivity index (χ1n) is 19.1. The fourth-order valence-corrected chi connectivity index (χ4v) is 6.16. The standard InChI is InChI=1S/C38H79N/c1-4-7-10-13-15-17-19-21-23-25-27-29-31-34-37-39(36-33-12-9-6-3)38-35-32-30-28-26-24-22-20-18-16-14-11-8-5-2/h4-38H2,1-3H3. The molecule has 0 aromatic carbocycles. The molecule has 0 radical (unpaired) electrons. The van der Waals surface area contributed by atoms with Crippen molar-refractivity contribution in [3.8, 4) is 0 Å². The number of hydrogen-bond acceptors (Lipinski definition) is 1. The van der Waals surface area contributed by atoms with Gasteiger partial charge in [-0.2, -0.15) is 0 Å². The third-order valence-corrected chi connectivity index (χ3v) is 8.98. The van der Waals surface area contributed by atoms with Gasteiger partial charge in [0.05, 0.1) is 0 Å². The van der Waals surface area contributed by atoms with Crippen molar-refractivity contribution in [3.63, 3.8) is 0 Å². The Labute approximate surface area is 250 Å². The molecule has 0 saturated carbocycles. The second kappa shape index (κ2) is 36.0. The van der Waals surface area contributed by atoms with Gasteiger partial charge < -0.3 is 4.90 Å². The van der Waals surface area contributed by atoms with Crippen LogP contribution in [0.1, 0.15) is 226 Å². The lowest BCUT2D eigenvalue weighted by molar-refractivity contribution is 0.254. The molecule has 0 amide bonds. The van der Waals surface area contributed by atoms with E-state index in [2.05, 4.69) is 25.7 Å². The van der Waals surface area contributed by atoms with Gasteiger partial charge in [0.1, 0.15) is 0 Å². The topological polar surface area (TPSA) is 3.24 Å². The highest BCUT2D eigenvalue weighted by molar-refractivity contribution is 4.60. The van der Waals surface area contributed by atoms with Crippen molar-refractivity contribution < 1.29 is 0 Å². The molecular weight excluding hydrogens is 470 g/mol. The van der Waals surface area contributed by atoms with Gasteiger partial charge in [-0.3, -0.25) is 0 Å². The summed E-state index contributed by atoms with van der Waals surface area (Å²) in [5.74, 6) is 0. The maximum Gasteiger partial charge on any atom is -0.00187 e. The first-order valence-corrected chi connectivity index (χ1v) is 19.1. The second-order valence-electron chi connectivity index (χ2n) is 13.1. The van der Waals surface area contributed by atoms with Crippen molar-refractivity contribution in [3.05, 3.63) is 0 Å². The van der Waals surface area contributed by atoms with Crippen LogP contribution in [0.3, 0.4) is 0 Å². The van der Waals surface area contributed by atoms with E-state index in [1.54, 1.807) is 0 Å². The lowest BCUT2D eigenvalue weighted by Crippen LogP contribution is -2.27. The molecule has 0 fully saturated rings. The van der Waals surface area contributed by atoms with E-state index < -0.39 is 0 Å². The molecule has 0 N–H and O–H groups in total. The summed E-state index contributed by atoms with van der Waals surface area (Å²) < 4.78 is 0. The van der Waals surface area contributed by atoms with E-state index in [1.165, 1.54) is 225 Å². The molecule has 0 aromatic rings. The Morgan fingerprint density at radius 3 is 0.564 bits per heavy atom. The molecule has 0 unspecified atom stereocenters. The summed E-state index contributed by atoms with van der Waals surface area (Å²) in [5, 5.41) is 0. The largest absolute Gasteiger partial charge is 0.303 e. The molecule has 0 aliphatic carbocycles. The van der Waals surface area contributed by atoms with Gasteiger partial charge in [0.25, 0.3) is 0 Å². The fourth-order valence-electron chi connectivity index (χ4n) is 6.16. The predicted molar refractivity (Wildman–Crippen MR) is 181 cm³/mol. The van der Waals surface area contributed by atoms with Crippen LogP contribution in [-0.4, -0.2) is 24.5 Å². The average molecular weight is 550 g/mol. The summed E-state index contributed by atoms with van der Waals surface area (Å²) in [5.41, 5.74) is 0. The Hall–Kier alpha value is -0.0400. The van der Waals surface area contributed by atoms with Gasteiger partial charge in [-0.1, -0.05) is 207 Å². The van der Waals surface area contributed by atoms with Gasteiger partial charge in [-0.25, -0.2) is 0 Å². The third-order valence-electron chi connectivity index (χ3n) is 8.98. The van der Waals surface area contributed by atoms with Gasteiger partial charge in [0.2, 0.25) is 0 Å². The van der Waals surface area contributed by atoms with Gasteiger partial charge in [-0.05, 0) is 38.9 Å². The molecule has 1 nitrogen and oxygen atoms in total. The number of rotatable bonds is 35. The molecule has 39 heavy (non-hydrogen) atoms. The minimum atomic E-state index is 1.36. The molecule has 0 aromatic heterocycles. The smallest absolute Gasteiger partial charge is 0.00187 e. The van der Waals surface area contributed by atoms with Gasteiger partial charge >= 0.3 is 0 Å².